The predicted octanol–water partition coefficient (Wildman–Crippen LogP) is 6.32. The lowest BCUT2D eigenvalue weighted by molar-refractivity contribution is -0.118. The third-order valence-corrected chi connectivity index (χ3v) is 5.29. The van der Waals surface area contributed by atoms with Gasteiger partial charge in [0.25, 0.3) is 11.8 Å². The van der Waals surface area contributed by atoms with Crippen molar-refractivity contribution >= 4 is 39.1 Å². The lowest BCUT2D eigenvalue weighted by Gasteiger charge is -2.23. The van der Waals surface area contributed by atoms with Crippen molar-refractivity contribution in [3.63, 3.8) is 0 Å². The van der Waals surface area contributed by atoms with E-state index in [-0.39, 0.29) is 23.8 Å². The average Bonchev–Trinajstić information content (AvgIpc) is 2.72. The largest absolute Gasteiger partial charge is 0.483 e. The van der Waals surface area contributed by atoms with Gasteiger partial charge in [-0.1, -0.05) is 54.9 Å². The van der Waals surface area contributed by atoms with Gasteiger partial charge >= 0.3 is 0 Å². The van der Waals surface area contributed by atoms with Crippen LogP contribution >= 0.6 is 15.9 Å². The Labute approximate surface area is 197 Å². The molecule has 0 radical (unpaired) electrons. The van der Waals surface area contributed by atoms with Crippen LogP contribution < -0.4 is 15.4 Å². The Morgan fingerprint density at radius 3 is 2.28 bits per heavy atom. The molecular weight excluding hydrogens is 468 g/mol. The van der Waals surface area contributed by atoms with E-state index in [0.29, 0.717) is 17.0 Å². The quantitative estimate of drug-likeness (QED) is 0.420. The molecule has 0 heterocycles. The van der Waals surface area contributed by atoms with Crippen molar-refractivity contribution in [3.8, 4) is 5.75 Å². The predicted molar refractivity (Wildman–Crippen MR) is 133 cm³/mol. The van der Waals surface area contributed by atoms with E-state index >= 15 is 0 Å². The van der Waals surface area contributed by atoms with Crippen molar-refractivity contribution in [1.82, 2.24) is 0 Å². The lowest BCUT2D eigenvalue weighted by Crippen LogP contribution is -2.22. The van der Waals surface area contributed by atoms with Gasteiger partial charge in [-0.15, -0.1) is 0 Å². The molecule has 0 saturated carbocycles. The summed E-state index contributed by atoms with van der Waals surface area (Å²) in [5.41, 5.74) is 3.64. The van der Waals surface area contributed by atoms with Crippen LogP contribution in [0.25, 0.3) is 0 Å². The number of hydrogen-bond donors (Lipinski definition) is 2. The van der Waals surface area contributed by atoms with Crippen LogP contribution in [0.15, 0.2) is 71.2 Å². The van der Waals surface area contributed by atoms with E-state index in [0.717, 1.165) is 21.3 Å². The molecule has 0 bridgehead atoms. The summed E-state index contributed by atoms with van der Waals surface area (Å²) in [6, 6.07) is 20.1. The number of carbonyl (C=O) groups is 2. The summed E-state index contributed by atoms with van der Waals surface area (Å²) in [5, 5.41) is 5.67. The highest BCUT2D eigenvalue weighted by Crippen LogP contribution is 2.33. The van der Waals surface area contributed by atoms with Crippen LogP contribution in [0.1, 0.15) is 42.3 Å². The number of rotatable bonds is 6. The van der Waals surface area contributed by atoms with Gasteiger partial charge in [0.2, 0.25) is 0 Å². The maximum Gasteiger partial charge on any atom is 0.262 e. The zero-order chi connectivity index (χ0) is 23.3. The van der Waals surface area contributed by atoms with E-state index in [9.17, 15) is 9.59 Å². The van der Waals surface area contributed by atoms with Gasteiger partial charge in [-0.05, 0) is 66.4 Å². The topological polar surface area (TPSA) is 67.4 Å². The number of anilines is 2. The van der Waals surface area contributed by atoms with Gasteiger partial charge in [-0.3, -0.25) is 9.59 Å². The van der Waals surface area contributed by atoms with Gasteiger partial charge in [0, 0.05) is 27.0 Å². The van der Waals surface area contributed by atoms with Crippen LogP contribution in [0, 0.1) is 6.92 Å². The Bertz CT molecular complexity index is 1140. The first-order valence-corrected chi connectivity index (χ1v) is 11.1. The standard InChI is InChI=1S/C26H27BrN2O3/c1-17-7-5-9-20(13-17)29-25(31)18-8-6-10-21(14-18)28-24(30)16-32-23-12-11-19(27)15-22(23)26(2,3)4/h5-15H,16H2,1-4H3,(H,28,30)(H,29,31). The van der Waals surface area contributed by atoms with Crippen molar-refractivity contribution in [2.45, 2.75) is 33.1 Å². The van der Waals surface area contributed by atoms with Crippen LogP contribution in [0.4, 0.5) is 11.4 Å². The molecule has 6 heteroatoms. The highest BCUT2D eigenvalue weighted by molar-refractivity contribution is 9.10. The van der Waals surface area contributed by atoms with E-state index in [4.69, 9.17) is 4.74 Å². The normalized spacial score (nSPS) is 11.0. The van der Waals surface area contributed by atoms with E-state index in [1.165, 1.54) is 0 Å². The van der Waals surface area contributed by atoms with Crippen LogP contribution in [0.3, 0.4) is 0 Å². The van der Waals surface area contributed by atoms with Gasteiger partial charge in [-0.25, -0.2) is 0 Å². The molecule has 3 rings (SSSR count). The summed E-state index contributed by atoms with van der Waals surface area (Å²) < 4.78 is 6.77. The molecule has 0 aliphatic heterocycles. The highest BCUT2D eigenvalue weighted by atomic mass is 79.9. The van der Waals surface area contributed by atoms with Gasteiger partial charge in [0.05, 0.1) is 0 Å². The number of amides is 2. The molecule has 32 heavy (non-hydrogen) atoms. The number of nitrogens with one attached hydrogen (secondary N) is 2. The first-order chi connectivity index (χ1) is 15.1. The summed E-state index contributed by atoms with van der Waals surface area (Å²) in [4.78, 5) is 25.1. The van der Waals surface area contributed by atoms with Crippen LogP contribution in [0.2, 0.25) is 0 Å². The fourth-order valence-electron chi connectivity index (χ4n) is 3.22. The molecular formula is C26H27BrN2O3. The van der Waals surface area contributed by atoms with Gasteiger partial charge in [0.1, 0.15) is 5.75 Å². The van der Waals surface area contributed by atoms with E-state index in [2.05, 4.69) is 47.3 Å². The molecule has 0 aromatic heterocycles. The molecule has 0 unspecified atom stereocenters. The Morgan fingerprint density at radius 1 is 0.906 bits per heavy atom. The summed E-state index contributed by atoms with van der Waals surface area (Å²) >= 11 is 3.49. The molecule has 0 aliphatic rings. The van der Waals surface area contributed by atoms with Gasteiger partial charge in [0.15, 0.2) is 6.61 Å². The Kier molecular flexibility index (Phi) is 7.36. The molecule has 3 aromatic carbocycles. The van der Waals surface area contributed by atoms with Gasteiger partial charge < -0.3 is 15.4 Å². The number of hydrogen-bond acceptors (Lipinski definition) is 3. The number of ether oxygens (including phenoxy) is 1. The average molecular weight is 495 g/mol. The van der Waals surface area contributed by atoms with Crippen LogP contribution in [-0.4, -0.2) is 18.4 Å². The highest BCUT2D eigenvalue weighted by Gasteiger charge is 2.20. The van der Waals surface area contributed by atoms with Crippen molar-refractivity contribution in [2.24, 2.45) is 0 Å². The number of aryl methyl sites for hydroxylation is 1. The second kappa shape index (κ2) is 10.0. The smallest absolute Gasteiger partial charge is 0.262 e. The van der Waals surface area contributed by atoms with Crippen LogP contribution in [0.5, 0.6) is 5.75 Å². The van der Waals surface area contributed by atoms with Gasteiger partial charge in [-0.2, -0.15) is 0 Å². The first kappa shape index (κ1) is 23.5. The molecule has 5 nitrogen and oxygen atoms in total. The first-order valence-electron chi connectivity index (χ1n) is 10.3. The maximum atomic E-state index is 12.6. The monoisotopic (exact) mass is 494 g/mol. The molecule has 0 spiro atoms. The minimum atomic E-state index is -0.302. The number of benzene rings is 3. The Balaban J connectivity index is 1.63. The molecule has 0 atom stereocenters. The number of carbonyl (C=O) groups excluding carboxylic acids is 2. The maximum absolute atomic E-state index is 12.6. The molecule has 0 fully saturated rings. The minimum Gasteiger partial charge on any atom is -0.483 e. The lowest BCUT2D eigenvalue weighted by atomic mass is 9.86. The third-order valence-electron chi connectivity index (χ3n) is 4.79. The van der Waals surface area contributed by atoms with Crippen molar-refractivity contribution in [2.75, 3.05) is 17.2 Å². The zero-order valence-electron chi connectivity index (χ0n) is 18.7. The summed E-state index contributed by atoms with van der Waals surface area (Å²) in [6.45, 7) is 8.11. The fraction of sp³-hybridized carbons (Fsp3) is 0.231. The molecule has 2 amide bonds. The van der Waals surface area contributed by atoms with E-state index in [1.807, 2.05) is 49.4 Å². The van der Waals surface area contributed by atoms with E-state index < -0.39 is 0 Å². The molecule has 3 aromatic rings. The summed E-state index contributed by atoms with van der Waals surface area (Å²) in [6.07, 6.45) is 0. The number of halogens is 1. The second-order valence-electron chi connectivity index (χ2n) is 8.63. The molecule has 0 saturated heterocycles. The Hall–Kier alpha value is -3.12. The van der Waals surface area contributed by atoms with Crippen LogP contribution in [-0.2, 0) is 10.2 Å². The second-order valence-corrected chi connectivity index (χ2v) is 9.55. The van der Waals surface area contributed by atoms with E-state index in [1.54, 1.807) is 24.3 Å². The molecule has 2 N–H and O–H groups in total. The summed E-state index contributed by atoms with van der Waals surface area (Å²) in [7, 11) is 0. The molecule has 166 valence electrons. The van der Waals surface area contributed by atoms with Crippen molar-refractivity contribution in [1.29, 1.82) is 0 Å². The van der Waals surface area contributed by atoms with Crippen molar-refractivity contribution < 1.29 is 14.3 Å². The third kappa shape index (κ3) is 6.44. The van der Waals surface area contributed by atoms with Crippen molar-refractivity contribution in [3.05, 3.63) is 87.9 Å². The summed E-state index contributed by atoms with van der Waals surface area (Å²) in [5.74, 6) is 0.124. The zero-order valence-corrected chi connectivity index (χ0v) is 20.2. The fourth-order valence-corrected chi connectivity index (χ4v) is 3.58. The Morgan fingerprint density at radius 2 is 1.59 bits per heavy atom. The minimum absolute atomic E-state index is 0.130. The SMILES string of the molecule is Cc1cccc(NC(=O)c2cccc(NC(=O)COc3ccc(Br)cc3C(C)(C)C)c2)c1. The molecule has 0 aliphatic carbocycles.